The number of H-pyrrole nitrogens is 2. The molecule has 0 radical (unpaired) electrons. The summed E-state index contributed by atoms with van der Waals surface area (Å²) in [5.41, 5.74) is 8.42. The van der Waals surface area contributed by atoms with Gasteiger partial charge in [-0.2, -0.15) is 0 Å². The van der Waals surface area contributed by atoms with Gasteiger partial charge in [-0.15, -0.1) is 0 Å². The Morgan fingerprint density at radius 3 is 1.78 bits per heavy atom. The molecule has 2 heterocycles. The number of primary amides is 1. The normalized spacial score (nSPS) is 13.5. The van der Waals surface area contributed by atoms with E-state index >= 15 is 0 Å². The third-order valence-electron chi connectivity index (χ3n) is 8.66. The summed E-state index contributed by atoms with van der Waals surface area (Å²) in [7, 11) is 1.34. The lowest BCUT2D eigenvalue weighted by Crippen LogP contribution is -2.54. The Bertz CT molecular complexity index is 1920. The fraction of sp³-hybridized carbons (Fsp3) is 0.361. The number of rotatable bonds is 19. The maximum atomic E-state index is 14.1. The number of para-hydroxylation sites is 2. The third kappa shape index (κ3) is 10.5. The molecular formula is C36H43N7O8. The number of Topliss-reactive ketones (excluding diaryl/α,β-unsaturated/α-hetero) is 1. The number of carboxylic acid groups (broad SMARTS) is 1. The number of aromatic nitrogens is 2. The van der Waals surface area contributed by atoms with Crippen LogP contribution in [-0.2, 0) is 46.4 Å². The number of carbonyl (C=O) groups is 7. The van der Waals surface area contributed by atoms with Crippen LogP contribution < -0.4 is 27.0 Å². The van der Waals surface area contributed by atoms with E-state index in [1.807, 2.05) is 48.5 Å². The van der Waals surface area contributed by atoms with Crippen LogP contribution in [0.4, 0.5) is 0 Å². The van der Waals surface area contributed by atoms with Crippen molar-refractivity contribution in [2.24, 2.45) is 11.7 Å². The molecule has 4 atom stereocenters. The van der Waals surface area contributed by atoms with E-state index in [-0.39, 0.29) is 38.5 Å². The largest absolute Gasteiger partial charge is 0.481 e. The number of likely N-dealkylation sites (N-methyl/N-ethyl adjacent to an activating group) is 1. The molecule has 0 spiro atoms. The molecule has 0 aliphatic heterocycles. The van der Waals surface area contributed by atoms with Crippen LogP contribution in [0.15, 0.2) is 60.9 Å². The summed E-state index contributed by atoms with van der Waals surface area (Å²) >= 11 is 0. The van der Waals surface area contributed by atoms with E-state index in [2.05, 4.69) is 31.2 Å². The van der Waals surface area contributed by atoms with Gasteiger partial charge in [-0.1, -0.05) is 36.4 Å². The molecule has 4 aromatic rings. The van der Waals surface area contributed by atoms with Crippen molar-refractivity contribution >= 4 is 63.1 Å². The second kappa shape index (κ2) is 17.6. The minimum absolute atomic E-state index is 0.0637. The van der Waals surface area contributed by atoms with Gasteiger partial charge in [-0.05, 0) is 42.5 Å². The molecule has 4 unspecified atom stereocenters. The van der Waals surface area contributed by atoms with Crippen molar-refractivity contribution < 1.29 is 38.7 Å². The minimum atomic E-state index is -1.41. The number of amides is 5. The van der Waals surface area contributed by atoms with Crippen molar-refractivity contribution in [3.63, 3.8) is 0 Å². The number of nitrogens with one attached hydrogen (secondary N) is 6. The number of aliphatic carboxylic acids is 1. The Morgan fingerprint density at radius 1 is 0.706 bits per heavy atom. The Morgan fingerprint density at radius 2 is 1.24 bits per heavy atom. The van der Waals surface area contributed by atoms with Crippen molar-refractivity contribution in [2.75, 3.05) is 7.05 Å². The number of carboxylic acids is 1. The van der Waals surface area contributed by atoms with Gasteiger partial charge in [-0.25, -0.2) is 0 Å². The van der Waals surface area contributed by atoms with Crippen LogP contribution in [0, 0.1) is 5.92 Å². The zero-order chi connectivity index (χ0) is 37.1. The third-order valence-corrected chi connectivity index (χ3v) is 8.66. The fourth-order valence-electron chi connectivity index (χ4n) is 6.05. The second-order valence-corrected chi connectivity index (χ2v) is 12.4. The van der Waals surface area contributed by atoms with E-state index in [9.17, 15) is 38.7 Å². The van der Waals surface area contributed by atoms with E-state index in [1.165, 1.54) is 14.0 Å². The molecule has 270 valence electrons. The Kier molecular flexibility index (Phi) is 13.1. The van der Waals surface area contributed by atoms with E-state index in [0.29, 0.717) is 0 Å². The average Bonchev–Trinajstić information content (AvgIpc) is 3.70. The van der Waals surface area contributed by atoms with Gasteiger partial charge in [-0.3, -0.25) is 33.6 Å². The molecule has 0 fully saturated rings. The summed E-state index contributed by atoms with van der Waals surface area (Å²) in [6.07, 6.45) is 2.22. The molecular weight excluding hydrogens is 658 g/mol. The van der Waals surface area contributed by atoms with Crippen molar-refractivity contribution in [3.05, 3.63) is 72.1 Å². The van der Waals surface area contributed by atoms with Crippen LogP contribution in [0.25, 0.3) is 21.8 Å². The van der Waals surface area contributed by atoms with Gasteiger partial charge in [0, 0.05) is 79.8 Å². The zero-order valence-corrected chi connectivity index (χ0v) is 28.4. The molecule has 51 heavy (non-hydrogen) atoms. The lowest BCUT2D eigenvalue weighted by Gasteiger charge is -2.25. The molecule has 0 saturated heterocycles. The molecule has 4 rings (SSSR count). The van der Waals surface area contributed by atoms with Crippen molar-refractivity contribution in [2.45, 2.75) is 70.0 Å². The lowest BCUT2D eigenvalue weighted by atomic mass is 9.89. The number of hydrogen-bond acceptors (Lipinski definition) is 7. The second-order valence-electron chi connectivity index (χ2n) is 12.4. The highest BCUT2D eigenvalue weighted by Crippen LogP contribution is 2.25. The standard InChI is InChI=1S/C36H43N7O8/c1-20(44)41-30(16-23-19-40-27-10-6-4-8-25(23)27)31(45)17-21(15-22-18-39-26-9-5-3-7-24(22)26)34(49)42-29(12-14-33(47)48)36(51)43-28(35(50)38-2)11-13-32(37)46/h3-10,18-19,21,28-30,39-40H,11-17H2,1-2H3,(H2,37,46)(H,38,50)(H,41,44)(H,42,49)(H,43,51)(H,47,48). The molecule has 0 aliphatic rings. The molecule has 9 N–H and O–H groups in total. The molecule has 15 nitrogen and oxygen atoms in total. The zero-order valence-electron chi connectivity index (χ0n) is 28.4. The molecule has 2 aromatic carbocycles. The highest BCUT2D eigenvalue weighted by atomic mass is 16.4. The van der Waals surface area contributed by atoms with Crippen LogP contribution in [0.2, 0.25) is 0 Å². The maximum absolute atomic E-state index is 14.1. The van der Waals surface area contributed by atoms with E-state index < -0.39 is 71.8 Å². The van der Waals surface area contributed by atoms with Crippen molar-refractivity contribution in [3.8, 4) is 0 Å². The Hall–Kier alpha value is -5.99. The monoisotopic (exact) mass is 701 g/mol. The van der Waals surface area contributed by atoms with Crippen LogP contribution in [0.3, 0.4) is 0 Å². The number of fused-ring (bicyclic) bond motifs is 2. The molecule has 0 aliphatic carbocycles. The summed E-state index contributed by atoms with van der Waals surface area (Å²) in [4.78, 5) is 95.5. The van der Waals surface area contributed by atoms with Gasteiger partial charge < -0.3 is 42.1 Å². The number of ketones is 1. The molecule has 15 heteroatoms. The topological polar surface area (TPSA) is 245 Å². The van der Waals surface area contributed by atoms with Crippen LogP contribution in [0.1, 0.15) is 50.2 Å². The van der Waals surface area contributed by atoms with Gasteiger partial charge in [0.05, 0.1) is 6.04 Å². The summed E-state index contributed by atoms with van der Waals surface area (Å²) in [5.74, 6) is -6.00. The molecule has 5 amide bonds. The van der Waals surface area contributed by atoms with Crippen LogP contribution in [-0.4, -0.2) is 81.5 Å². The smallest absolute Gasteiger partial charge is 0.303 e. The van der Waals surface area contributed by atoms with Crippen molar-refractivity contribution in [1.29, 1.82) is 0 Å². The predicted molar refractivity (Wildman–Crippen MR) is 188 cm³/mol. The van der Waals surface area contributed by atoms with Crippen molar-refractivity contribution in [1.82, 2.24) is 31.2 Å². The van der Waals surface area contributed by atoms with Gasteiger partial charge in [0.1, 0.15) is 12.1 Å². The first-order chi connectivity index (χ1) is 24.4. The maximum Gasteiger partial charge on any atom is 0.303 e. The number of benzene rings is 2. The highest BCUT2D eigenvalue weighted by molar-refractivity contribution is 5.96. The molecule has 0 saturated carbocycles. The Balaban J connectivity index is 1.62. The minimum Gasteiger partial charge on any atom is -0.481 e. The van der Waals surface area contributed by atoms with E-state index in [1.54, 1.807) is 12.4 Å². The number of nitrogens with two attached hydrogens (primary N) is 1. The first kappa shape index (κ1) is 37.8. The van der Waals surface area contributed by atoms with Gasteiger partial charge in [0.15, 0.2) is 5.78 Å². The van der Waals surface area contributed by atoms with E-state index in [0.717, 1.165) is 32.9 Å². The average molecular weight is 702 g/mol. The van der Waals surface area contributed by atoms with Gasteiger partial charge >= 0.3 is 5.97 Å². The highest BCUT2D eigenvalue weighted by Gasteiger charge is 2.33. The fourth-order valence-corrected chi connectivity index (χ4v) is 6.05. The summed E-state index contributed by atoms with van der Waals surface area (Å²) < 4.78 is 0. The summed E-state index contributed by atoms with van der Waals surface area (Å²) in [5, 5.41) is 21.3. The van der Waals surface area contributed by atoms with Crippen LogP contribution in [0.5, 0.6) is 0 Å². The number of hydrogen-bond donors (Lipinski definition) is 8. The van der Waals surface area contributed by atoms with E-state index in [4.69, 9.17) is 5.73 Å². The van der Waals surface area contributed by atoms with Crippen LogP contribution >= 0.6 is 0 Å². The quantitative estimate of drug-likeness (QED) is 0.0708. The lowest BCUT2D eigenvalue weighted by molar-refractivity contribution is -0.139. The first-order valence-electron chi connectivity index (χ1n) is 16.6. The number of aromatic amines is 2. The number of carbonyl (C=O) groups excluding carboxylic acids is 6. The SMILES string of the molecule is CNC(=O)C(CCC(N)=O)NC(=O)C(CCC(=O)O)NC(=O)C(CC(=O)C(Cc1c[nH]c2ccccc12)NC(C)=O)Cc1c[nH]c2ccccc12. The molecule has 0 bridgehead atoms. The summed E-state index contributed by atoms with van der Waals surface area (Å²) in [6.45, 7) is 1.30. The van der Waals surface area contributed by atoms with Gasteiger partial charge in [0.2, 0.25) is 29.5 Å². The molecule has 2 aromatic heterocycles. The first-order valence-corrected chi connectivity index (χ1v) is 16.6. The van der Waals surface area contributed by atoms with Gasteiger partial charge in [0.25, 0.3) is 0 Å². The summed E-state index contributed by atoms with van der Waals surface area (Å²) in [6, 6.07) is 11.3. The predicted octanol–water partition coefficient (Wildman–Crippen LogP) is 1.36. The Labute approximate surface area is 293 Å².